The van der Waals surface area contributed by atoms with Crippen molar-refractivity contribution in [3.05, 3.63) is 42.0 Å². The Balaban J connectivity index is 1.56. The molecule has 0 bridgehead atoms. The minimum atomic E-state index is -3.03. The number of rotatable bonds is 7. The number of hydrogen-bond donors (Lipinski definition) is 0. The number of carbonyl (C=O) groups excluding carboxylic acids is 2. The first-order valence-electron chi connectivity index (χ1n) is 10.9. The molecule has 3 rings (SSSR count). The maximum Gasteiger partial charge on any atom is 0.246 e. The number of amides is 2. The Hall–Kier alpha value is -2.15. The Morgan fingerprint density at radius 2 is 1.83 bits per heavy atom. The summed E-state index contributed by atoms with van der Waals surface area (Å²) in [6.45, 7) is 3.80. The molecule has 0 aromatic heterocycles. The second-order valence-electron chi connectivity index (χ2n) is 8.29. The first-order chi connectivity index (χ1) is 14.4. The van der Waals surface area contributed by atoms with E-state index in [0.29, 0.717) is 38.9 Å². The van der Waals surface area contributed by atoms with Gasteiger partial charge in [0.05, 0.1) is 11.5 Å². The second kappa shape index (κ2) is 10.2. The van der Waals surface area contributed by atoms with Crippen LogP contribution in [0.4, 0.5) is 0 Å². The lowest BCUT2D eigenvalue weighted by atomic mass is 9.94. The maximum atomic E-state index is 13.2. The molecule has 30 heavy (non-hydrogen) atoms. The predicted octanol–water partition coefficient (Wildman–Crippen LogP) is 2.75. The van der Waals surface area contributed by atoms with Gasteiger partial charge in [-0.15, -0.1) is 0 Å². The number of nitrogens with zero attached hydrogens (tertiary/aromatic N) is 2. The van der Waals surface area contributed by atoms with Crippen LogP contribution in [-0.4, -0.2) is 67.2 Å². The average Bonchev–Trinajstić information content (AvgIpc) is 3.12. The van der Waals surface area contributed by atoms with Gasteiger partial charge in [0.1, 0.15) is 0 Å². The van der Waals surface area contributed by atoms with Crippen LogP contribution in [0.5, 0.6) is 0 Å². The van der Waals surface area contributed by atoms with E-state index in [2.05, 4.69) is 6.92 Å². The van der Waals surface area contributed by atoms with E-state index in [1.807, 2.05) is 41.3 Å². The van der Waals surface area contributed by atoms with Gasteiger partial charge in [-0.2, -0.15) is 0 Å². The summed E-state index contributed by atoms with van der Waals surface area (Å²) in [6, 6.07) is 9.50. The van der Waals surface area contributed by atoms with Crippen LogP contribution in [-0.2, 0) is 19.4 Å². The van der Waals surface area contributed by atoms with Crippen LogP contribution in [0.2, 0.25) is 0 Å². The van der Waals surface area contributed by atoms with Gasteiger partial charge in [-0.25, -0.2) is 8.42 Å². The van der Waals surface area contributed by atoms with Crippen LogP contribution in [0, 0.1) is 5.92 Å². The molecule has 2 amide bonds. The molecule has 2 aliphatic rings. The minimum Gasteiger partial charge on any atom is -0.339 e. The number of sulfone groups is 1. The molecule has 0 aliphatic carbocycles. The van der Waals surface area contributed by atoms with Crippen molar-refractivity contribution < 1.29 is 18.0 Å². The Bertz CT molecular complexity index is 858. The summed E-state index contributed by atoms with van der Waals surface area (Å²) in [4.78, 5) is 29.3. The van der Waals surface area contributed by atoms with Crippen molar-refractivity contribution in [3.63, 3.8) is 0 Å². The highest BCUT2D eigenvalue weighted by Gasteiger charge is 2.37. The highest BCUT2D eigenvalue weighted by Crippen LogP contribution is 2.25. The van der Waals surface area contributed by atoms with Gasteiger partial charge in [-0.3, -0.25) is 9.59 Å². The van der Waals surface area contributed by atoms with Crippen molar-refractivity contribution in [1.29, 1.82) is 0 Å². The van der Waals surface area contributed by atoms with Crippen molar-refractivity contribution in [1.82, 2.24) is 9.80 Å². The van der Waals surface area contributed by atoms with E-state index in [0.717, 1.165) is 18.4 Å². The van der Waals surface area contributed by atoms with Crippen molar-refractivity contribution >= 4 is 27.7 Å². The number of benzene rings is 1. The highest BCUT2D eigenvalue weighted by atomic mass is 32.2. The number of likely N-dealkylation sites (tertiary alicyclic amines) is 1. The third-order valence-electron chi connectivity index (χ3n) is 6.06. The summed E-state index contributed by atoms with van der Waals surface area (Å²) >= 11 is 0. The molecule has 2 saturated heterocycles. The molecule has 1 unspecified atom stereocenters. The van der Waals surface area contributed by atoms with E-state index in [1.165, 1.54) is 0 Å². The van der Waals surface area contributed by atoms with Crippen LogP contribution >= 0.6 is 0 Å². The van der Waals surface area contributed by atoms with Gasteiger partial charge in [0, 0.05) is 37.7 Å². The number of piperidine rings is 1. The average molecular weight is 433 g/mol. The molecule has 164 valence electrons. The molecule has 0 N–H and O–H groups in total. The van der Waals surface area contributed by atoms with E-state index in [9.17, 15) is 18.0 Å². The van der Waals surface area contributed by atoms with Gasteiger partial charge in [0.25, 0.3) is 0 Å². The van der Waals surface area contributed by atoms with Crippen molar-refractivity contribution in [3.8, 4) is 0 Å². The molecule has 0 saturated carbocycles. The van der Waals surface area contributed by atoms with E-state index >= 15 is 0 Å². The lowest BCUT2D eigenvalue weighted by molar-refractivity contribution is -0.141. The van der Waals surface area contributed by atoms with E-state index < -0.39 is 9.84 Å². The third kappa shape index (κ3) is 5.94. The SMILES string of the molecule is CCCCN(C(=O)C1CCN(C(=O)C=Cc2ccccc2)CC1)C1CCS(=O)(=O)C1. The fourth-order valence-corrected chi connectivity index (χ4v) is 5.97. The van der Waals surface area contributed by atoms with Crippen molar-refractivity contribution in [2.45, 2.75) is 45.1 Å². The summed E-state index contributed by atoms with van der Waals surface area (Å²) in [5.41, 5.74) is 0.981. The van der Waals surface area contributed by atoms with Crippen molar-refractivity contribution in [2.24, 2.45) is 5.92 Å². The molecule has 7 heteroatoms. The van der Waals surface area contributed by atoms with Gasteiger partial charge in [-0.05, 0) is 37.3 Å². The maximum absolute atomic E-state index is 13.2. The predicted molar refractivity (Wildman–Crippen MR) is 118 cm³/mol. The molecule has 1 aromatic rings. The quantitative estimate of drug-likeness (QED) is 0.621. The first kappa shape index (κ1) is 22.5. The minimum absolute atomic E-state index is 0.0329. The lowest BCUT2D eigenvalue weighted by Gasteiger charge is -2.36. The zero-order valence-corrected chi connectivity index (χ0v) is 18.5. The molecule has 2 heterocycles. The van der Waals surface area contributed by atoms with Gasteiger partial charge in [0.2, 0.25) is 11.8 Å². The monoisotopic (exact) mass is 432 g/mol. The van der Waals surface area contributed by atoms with E-state index in [-0.39, 0.29) is 35.3 Å². The second-order valence-corrected chi connectivity index (χ2v) is 10.5. The fraction of sp³-hybridized carbons (Fsp3) is 0.565. The van der Waals surface area contributed by atoms with Gasteiger partial charge in [0.15, 0.2) is 9.84 Å². The van der Waals surface area contributed by atoms with E-state index in [1.54, 1.807) is 11.0 Å². The van der Waals surface area contributed by atoms with Gasteiger partial charge < -0.3 is 9.80 Å². The Morgan fingerprint density at radius 1 is 1.13 bits per heavy atom. The topological polar surface area (TPSA) is 74.8 Å². The third-order valence-corrected chi connectivity index (χ3v) is 7.81. The van der Waals surface area contributed by atoms with Crippen LogP contribution in [0.3, 0.4) is 0 Å². The van der Waals surface area contributed by atoms with Crippen LogP contribution in [0.15, 0.2) is 36.4 Å². The normalized spacial score (nSPS) is 21.8. The van der Waals surface area contributed by atoms with Gasteiger partial charge >= 0.3 is 0 Å². The summed E-state index contributed by atoms with van der Waals surface area (Å²) in [5.74, 6) is 0.164. The Kier molecular flexibility index (Phi) is 7.69. The zero-order valence-electron chi connectivity index (χ0n) is 17.7. The standard InChI is InChI=1S/C23H32N2O4S/c1-2-3-14-25(21-13-17-30(28,29)18-21)23(27)20-11-15-24(16-12-20)22(26)10-9-19-7-5-4-6-8-19/h4-10,20-21H,2-3,11-18H2,1H3. The molecule has 2 fully saturated rings. The molecular formula is C23H32N2O4S. The summed E-state index contributed by atoms with van der Waals surface area (Å²) < 4.78 is 23.8. The summed E-state index contributed by atoms with van der Waals surface area (Å²) in [5, 5.41) is 0. The number of carbonyl (C=O) groups is 2. The molecule has 0 radical (unpaired) electrons. The van der Waals surface area contributed by atoms with Crippen LogP contribution < -0.4 is 0 Å². The molecule has 0 spiro atoms. The van der Waals surface area contributed by atoms with Crippen LogP contribution in [0.25, 0.3) is 6.08 Å². The highest BCUT2D eigenvalue weighted by molar-refractivity contribution is 7.91. The molecule has 1 aromatic carbocycles. The van der Waals surface area contributed by atoms with E-state index in [4.69, 9.17) is 0 Å². The molecule has 6 nitrogen and oxygen atoms in total. The molecule has 1 atom stereocenters. The molecular weight excluding hydrogens is 400 g/mol. The first-order valence-corrected chi connectivity index (χ1v) is 12.7. The Morgan fingerprint density at radius 3 is 2.43 bits per heavy atom. The molecule has 2 aliphatic heterocycles. The van der Waals surface area contributed by atoms with Crippen molar-refractivity contribution in [2.75, 3.05) is 31.1 Å². The lowest BCUT2D eigenvalue weighted by Crippen LogP contribution is -2.48. The fourth-order valence-electron chi connectivity index (χ4n) is 4.24. The summed E-state index contributed by atoms with van der Waals surface area (Å²) in [6.07, 6.45) is 7.05. The summed E-state index contributed by atoms with van der Waals surface area (Å²) in [7, 11) is -3.03. The van der Waals surface area contributed by atoms with Gasteiger partial charge in [-0.1, -0.05) is 43.7 Å². The number of unbranched alkanes of at least 4 members (excludes halogenated alkanes) is 1. The largest absolute Gasteiger partial charge is 0.339 e. The number of hydrogen-bond acceptors (Lipinski definition) is 4. The zero-order chi connectivity index (χ0) is 21.6. The Labute approximate surface area is 179 Å². The smallest absolute Gasteiger partial charge is 0.246 e. The van der Waals surface area contributed by atoms with Crippen LogP contribution in [0.1, 0.15) is 44.6 Å².